The van der Waals surface area contributed by atoms with E-state index in [1.54, 1.807) is 0 Å². The zero-order valence-corrected chi connectivity index (χ0v) is 13.7. The molecule has 0 saturated heterocycles. The van der Waals surface area contributed by atoms with E-state index in [2.05, 4.69) is 41.5 Å². The average molecular weight is 276 g/mol. The van der Waals surface area contributed by atoms with E-state index in [1.807, 2.05) is 12.1 Å². The van der Waals surface area contributed by atoms with Gasteiger partial charge in [-0.1, -0.05) is 54.4 Å². The molecule has 112 valence electrons. The molecule has 0 aromatic heterocycles. The lowest BCUT2D eigenvalue weighted by molar-refractivity contribution is 0.112. The Hall–Kier alpha value is -1.31. The molecule has 2 nitrogen and oxygen atoms in total. The van der Waals surface area contributed by atoms with Crippen LogP contribution in [0.2, 0.25) is 0 Å². The summed E-state index contributed by atoms with van der Waals surface area (Å²) in [6.45, 7) is 12.6. The largest absolute Gasteiger partial charge is 0.507 e. The molecule has 2 heteroatoms. The number of hydrogen-bond donors (Lipinski definition) is 1. The lowest BCUT2D eigenvalue weighted by Crippen LogP contribution is -2.20. The Kier molecular flexibility index (Phi) is 5.01. The quantitative estimate of drug-likeness (QED) is 0.771. The highest BCUT2D eigenvalue weighted by atomic mass is 16.3. The average Bonchev–Trinajstić information content (AvgIpc) is 2.35. The maximum absolute atomic E-state index is 11.2. The van der Waals surface area contributed by atoms with Gasteiger partial charge in [0, 0.05) is 16.7 Å². The normalized spacial score (nSPS) is 12.5. The minimum atomic E-state index is -0.182. The number of aldehydes is 1. The number of carbonyl (C=O) groups excluding carboxylic acids is 1. The van der Waals surface area contributed by atoms with Crippen molar-refractivity contribution in [1.82, 2.24) is 0 Å². The highest BCUT2D eigenvalue weighted by Gasteiger charge is 2.28. The van der Waals surface area contributed by atoms with Gasteiger partial charge in [0.2, 0.25) is 0 Å². The molecule has 1 aromatic rings. The Morgan fingerprint density at radius 1 is 1.10 bits per heavy atom. The summed E-state index contributed by atoms with van der Waals surface area (Å²) in [5.41, 5.74) is 2.08. The summed E-state index contributed by atoms with van der Waals surface area (Å²) in [4.78, 5) is 11.2. The fraction of sp³-hybridized carbons (Fsp3) is 0.611. The molecule has 0 aliphatic heterocycles. The molecule has 0 atom stereocenters. The Morgan fingerprint density at radius 3 is 2.10 bits per heavy atom. The summed E-state index contributed by atoms with van der Waals surface area (Å²) in [7, 11) is 0. The lowest BCUT2D eigenvalue weighted by Gasteiger charge is -2.30. The fourth-order valence-corrected chi connectivity index (χ4v) is 2.57. The first-order valence-corrected chi connectivity index (χ1v) is 7.46. The van der Waals surface area contributed by atoms with Crippen LogP contribution in [-0.2, 0) is 10.8 Å². The van der Waals surface area contributed by atoms with Crippen molar-refractivity contribution < 1.29 is 9.90 Å². The highest BCUT2D eigenvalue weighted by Crippen LogP contribution is 2.41. The van der Waals surface area contributed by atoms with Gasteiger partial charge in [-0.2, -0.15) is 0 Å². The van der Waals surface area contributed by atoms with Crippen molar-refractivity contribution in [2.75, 3.05) is 0 Å². The minimum Gasteiger partial charge on any atom is -0.507 e. The van der Waals surface area contributed by atoms with E-state index < -0.39 is 0 Å². The van der Waals surface area contributed by atoms with E-state index in [4.69, 9.17) is 0 Å². The van der Waals surface area contributed by atoms with Crippen molar-refractivity contribution in [2.24, 2.45) is 0 Å². The molecule has 0 radical (unpaired) electrons. The summed E-state index contributed by atoms with van der Waals surface area (Å²) in [6.07, 6.45) is 4.11. The minimum absolute atomic E-state index is 0.126. The first-order valence-electron chi connectivity index (χ1n) is 7.46. The van der Waals surface area contributed by atoms with Crippen LogP contribution >= 0.6 is 0 Å². The molecular weight excluding hydrogens is 248 g/mol. The Morgan fingerprint density at radius 2 is 1.65 bits per heavy atom. The molecular formula is C18H28O2. The number of phenolic OH excluding ortho intramolecular Hbond substituents is 1. The molecule has 0 aliphatic carbocycles. The highest BCUT2D eigenvalue weighted by molar-refractivity contribution is 5.77. The molecule has 1 N–H and O–H groups in total. The van der Waals surface area contributed by atoms with Crippen molar-refractivity contribution in [3.05, 3.63) is 28.8 Å². The third-order valence-corrected chi connectivity index (χ3v) is 3.96. The predicted octanol–water partition coefficient (Wildman–Crippen LogP) is 4.97. The number of benzene rings is 1. The van der Waals surface area contributed by atoms with Crippen LogP contribution in [0.3, 0.4) is 0 Å². The molecule has 1 rings (SSSR count). The summed E-state index contributed by atoms with van der Waals surface area (Å²) in [6, 6.07) is 3.65. The summed E-state index contributed by atoms with van der Waals surface area (Å²) in [5.74, 6) is 0.351. The van der Waals surface area contributed by atoms with Gasteiger partial charge in [0.05, 0.1) is 0 Å². The van der Waals surface area contributed by atoms with Gasteiger partial charge >= 0.3 is 0 Å². The summed E-state index contributed by atoms with van der Waals surface area (Å²) in [5, 5.41) is 10.7. The van der Waals surface area contributed by atoms with Crippen LogP contribution in [0.25, 0.3) is 0 Å². The maximum atomic E-state index is 11.2. The van der Waals surface area contributed by atoms with Crippen molar-refractivity contribution >= 4 is 6.29 Å². The van der Waals surface area contributed by atoms with E-state index >= 15 is 0 Å². The SMILES string of the molecule is CCCCC(C)(C)c1cc(C=O)cc(C(C)(C)C)c1O. The standard InChI is InChI=1S/C18H28O2/c1-7-8-9-18(5,6)15-11-13(12-19)10-14(16(15)20)17(2,3)4/h10-12,20H,7-9H2,1-6H3. The number of unbranched alkanes of at least 4 members (excludes halogenated alkanes) is 1. The van der Waals surface area contributed by atoms with Gasteiger partial charge < -0.3 is 5.11 Å². The van der Waals surface area contributed by atoms with E-state index in [1.165, 1.54) is 0 Å². The molecule has 0 amide bonds. The smallest absolute Gasteiger partial charge is 0.150 e. The zero-order chi connectivity index (χ0) is 15.6. The third-order valence-electron chi connectivity index (χ3n) is 3.96. The third kappa shape index (κ3) is 3.62. The summed E-state index contributed by atoms with van der Waals surface area (Å²) >= 11 is 0. The van der Waals surface area contributed by atoms with Gasteiger partial charge in [0.15, 0.2) is 0 Å². The topological polar surface area (TPSA) is 37.3 Å². The van der Waals surface area contributed by atoms with Crippen LogP contribution in [0.5, 0.6) is 5.75 Å². The van der Waals surface area contributed by atoms with Crippen LogP contribution < -0.4 is 0 Å². The van der Waals surface area contributed by atoms with E-state index in [-0.39, 0.29) is 10.8 Å². The molecule has 0 unspecified atom stereocenters. The Bertz CT molecular complexity index is 479. The number of hydrogen-bond acceptors (Lipinski definition) is 2. The van der Waals surface area contributed by atoms with Gasteiger partial charge in [-0.3, -0.25) is 4.79 Å². The molecule has 0 heterocycles. The van der Waals surface area contributed by atoms with Crippen LogP contribution in [0.4, 0.5) is 0 Å². The van der Waals surface area contributed by atoms with Crippen molar-refractivity contribution in [2.45, 2.75) is 71.6 Å². The van der Waals surface area contributed by atoms with Gasteiger partial charge in [-0.15, -0.1) is 0 Å². The van der Waals surface area contributed by atoms with Crippen molar-refractivity contribution in [3.63, 3.8) is 0 Å². The van der Waals surface area contributed by atoms with Crippen LogP contribution in [-0.4, -0.2) is 11.4 Å². The van der Waals surface area contributed by atoms with Gasteiger partial charge in [0.25, 0.3) is 0 Å². The van der Waals surface area contributed by atoms with Gasteiger partial charge in [-0.25, -0.2) is 0 Å². The van der Waals surface area contributed by atoms with Crippen LogP contribution in [0, 0.1) is 0 Å². The number of rotatable bonds is 5. The Labute approximate surface area is 123 Å². The summed E-state index contributed by atoms with van der Waals surface area (Å²) < 4.78 is 0. The lowest BCUT2D eigenvalue weighted by atomic mass is 9.75. The first kappa shape index (κ1) is 16.7. The molecule has 0 bridgehead atoms. The van der Waals surface area contributed by atoms with Gasteiger partial charge in [0.1, 0.15) is 12.0 Å². The van der Waals surface area contributed by atoms with Crippen molar-refractivity contribution in [3.8, 4) is 5.75 Å². The second-order valence-electron chi connectivity index (χ2n) is 7.32. The van der Waals surface area contributed by atoms with Crippen LogP contribution in [0.1, 0.15) is 82.3 Å². The van der Waals surface area contributed by atoms with Crippen molar-refractivity contribution in [1.29, 1.82) is 0 Å². The molecule has 0 saturated carbocycles. The van der Waals surface area contributed by atoms with E-state index in [0.717, 1.165) is 36.7 Å². The van der Waals surface area contributed by atoms with E-state index in [0.29, 0.717) is 11.3 Å². The zero-order valence-electron chi connectivity index (χ0n) is 13.7. The monoisotopic (exact) mass is 276 g/mol. The second kappa shape index (κ2) is 5.99. The number of aromatic hydroxyl groups is 1. The number of phenols is 1. The predicted molar refractivity (Wildman–Crippen MR) is 84.7 cm³/mol. The van der Waals surface area contributed by atoms with E-state index in [9.17, 15) is 9.90 Å². The van der Waals surface area contributed by atoms with Gasteiger partial charge in [-0.05, 0) is 29.4 Å². The fourth-order valence-electron chi connectivity index (χ4n) is 2.57. The first-order chi connectivity index (χ1) is 9.13. The maximum Gasteiger partial charge on any atom is 0.150 e. The Balaban J connectivity index is 3.42. The van der Waals surface area contributed by atoms with Crippen LogP contribution in [0.15, 0.2) is 12.1 Å². The molecule has 0 spiro atoms. The molecule has 0 aliphatic rings. The molecule has 20 heavy (non-hydrogen) atoms. The number of carbonyl (C=O) groups is 1. The second-order valence-corrected chi connectivity index (χ2v) is 7.32. The molecule has 1 aromatic carbocycles. The molecule has 0 fully saturated rings.